The van der Waals surface area contributed by atoms with Crippen molar-refractivity contribution in [3.05, 3.63) is 29.2 Å². The number of pyridine rings is 1. The van der Waals surface area contributed by atoms with Gasteiger partial charge in [0.05, 0.1) is 12.1 Å². The van der Waals surface area contributed by atoms with Gasteiger partial charge in [0.2, 0.25) is 0 Å². The SMILES string of the molecule is Cn1c(CO)cc2c(Cl)nccc21. The van der Waals surface area contributed by atoms with Crippen LogP contribution in [0.4, 0.5) is 0 Å². The quantitative estimate of drug-likeness (QED) is 0.706. The molecule has 0 saturated heterocycles. The average Bonchev–Trinajstić information content (AvgIpc) is 2.45. The molecule has 0 fully saturated rings. The second-order valence-electron chi connectivity index (χ2n) is 2.89. The summed E-state index contributed by atoms with van der Waals surface area (Å²) in [5, 5.41) is 10.4. The number of hydrogen-bond donors (Lipinski definition) is 1. The predicted molar refractivity (Wildman–Crippen MR) is 51.6 cm³/mol. The highest BCUT2D eigenvalue weighted by Gasteiger charge is 2.07. The molecule has 0 atom stereocenters. The van der Waals surface area contributed by atoms with E-state index >= 15 is 0 Å². The van der Waals surface area contributed by atoms with Gasteiger partial charge >= 0.3 is 0 Å². The highest BCUT2D eigenvalue weighted by atomic mass is 35.5. The minimum Gasteiger partial charge on any atom is -0.390 e. The van der Waals surface area contributed by atoms with E-state index in [1.54, 1.807) is 6.20 Å². The maximum atomic E-state index is 9.03. The van der Waals surface area contributed by atoms with Gasteiger partial charge in [-0.1, -0.05) is 11.6 Å². The van der Waals surface area contributed by atoms with Crippen LogP contribution in [0.25, 0.3) is 10.9 Å². The molecule has 0 amide bonds. The number of aliphatic hydroxyl groups excluding tert-OH is 1. The van der Waals surface area contributed by atoms with Gasteiger partial charge in [0.25, 0.3) is 0 Å². The van der Waals surface area contributed by atoms with E-state index in [9.17, 15) is 0 Å². The van der Waals surface area contributed by atoms with Crippen LogP contribution in [0, 0.1) is 0 Å². The zero-order valence-electron chi connectivity index (χ0n) is 7.16. The predicted octanol–water partition coefficient (Wildman–Crippen LogP) is 1.72. The molecule has 0 aliphatic rings. The third-order valence-corrected chi connectivity index (χ3v) is 2.48. The number of fused-ring (bicyclic) bond motifs is 1. The van der Waals surface area contributed by atoms with Crippen molar-refractivity contribution in [1.29, 1.82) is 0 Å². The zero-order chi connectivity index (χ0) is 9.42. The molecule has 0 aromatic carbocycles. The number of aryl methyl sites for hydroxylation is 1. The van der Waals surface area contributed by atoms with Gasteiger partial charge in [0.15, 0.2) is 0 Å². The maximum absolute atomic E-state index is 9.03. The van der Waals surface area contributed by atoms with E-state index in [0.29, 0.717) is 5.15 Å². The molecule has 68 valence electrons. The summed E-state index contributed by atoms with van der Waals surface area (Å²) in [6, 6.07) is 3.73. The Morgan fingerprint density at radius 2 is 2.38 bits per heavy atom. The fraction of sp³-hybridized carbons (Fsp3) is 0.222. The van der Waals surface area contributed by atoms with E-state index in [1.807, 2.05) is 23.7 Å². The van der Waals surface area contributed by atoms with E-state index in [1.165, 1.54) is 0 Å². The summed E-state index contributed by atoms with van der Waals surface area (Å²) in [5.74, 6) is 0. The summed E-state index contributed by atoms with van der Waals surface area (Å²) in [4.78, 5) is 3.97. The van der Waals surface area contributed by atoms with E-state index in [2.05, 4.69) is 4.98 Å². The Hall–Kier alpha value is -1.06. The van der Waals surface area contributed by atoms with Crippen molar-refractivity contribution in [2.75, 3.05) is 0 Å². The first-order chi connectivity index (χ1) is 6.24. The number of nitrogens with zero attached hydrogens (tertiary/aromatic N) is 2. The van der Waals surface area contributed by atoms with Crippen molar-refractivity contribution >= 4 is 22.5 Å². The molecule has 4 heteroatoms. The Morgan fingerprint density at radius 1 is 1.62 bits per heavy atom. The highest BCUT2D eigenvalue weighted by molar-refractivity contribution is 6.34. The lowest BCUT2D eigenvalue weighted by Gasteiger charge is -1.99. The van der Waals surface area contributed by atoms with Gasteiger partial charge in [0, 0.05) is 24.3 Å². The molecular formula is C9H9ClN2O. The van der Waals surface area contributed by atoms with Gasteiger partial charge in [-0.15, -0.1) is 0 Å². The second kappa shape index (κ2) is 3.01. The van der Waals surface area contributed by atoms with Crippen LogP contribution in [0.2, 0.25) is 5.15 Å². The summed E-state index contributed by atoms with van der Waals surface area (Å²) in [5.41, 5.74) is 1.83. The summed E-state index contributed by atoms with van der Waals surface area (Å²) in [6.45, 7) is 0.0154. The molecule has 0 radical (unpaired) electrons. The van der Waals surface area contributed by atoms with Gasteiger partial charge in [-0.05, 0) is 12.1 Å². The molecule has 13 heavy (non-hydrogen) atoms. The van der Waals surface area contributed by atoms with Crippen LogP contribution in [0.3, 0.4) is 0 Å². The molecule has 2 aromatic heterocycles. The molecule has 1 N–H and O–H groups in total. The molecule has 2 aromatic rings. The Kier molecular flexibility index (Phi) is 1.98. The zero-order valence-corrected chi connectivity index (χ0v) is 7.91. The monoisotopic (exact) mass is 196 g/mol. The normalized spacial score (nSPS) is 11.0. The molecule has 0 saturated carbocycles. The standard InChI is InChI=1S/C9H9ClN2O/c1-12-6(5-13)4-7-8(12)2-3-11-9(7)10/h2-4,13H,5H2,1H3. The highest BCUT2D eigenvalue weighted by Crippen LogP contribution is 2.23. The number of rotatable bonds is 1. The molecule has 0 aliphatic carbocycles. The van der Waals surface area contributed by atoms with Gasteiger partial charge in [-0.3, -0.25) is 0 Å². The average molecular weight is 197 g/mol. The Labute approximate surface area is 80.6 Å². The van der Waals surface area contributed by atoms with Crippen molar-refractivity contribution in [2.24, 2.45) is 7.05 Å². The van der Waals surface area contributed by atoms with Gasteiger partial charge in [-0.2, -0.15) is 0 Å². The van der Waals surface area contributed by atoms with E-state index in [4.69, 9.17) is 16.7 Å². The first kappa shape index (κ1) is 8.53. The fourth-order valence-electron chi connectivity index (χ4n) is 1.43. The molecular weight excluding hydrogens is 188 g/mol. The van der Waals surface area contributed by atoms with Crippen LogP contribution in [-0.4, -0.2) is 14.7 Å². The first-order valence-corrected chi connectivity index (χ1v) is 4.31. The maximum Gasteiger partial charge on any atom is 0.138 e. The van der Waals surface area contributed by atoms with Gasteiger partial charge < -0.3 is 9.67 Å². The lowest BCUT2D eigenvalue weighted by atomic mass is 10.3. The first-order valence-electron chi connectivity index (χ1n) is 3.93. The van der Waals surface area contributed by atoms with E-state index in [-0.39, 0.29) is 6.61 Å². The number of halogens is 1. The van der Waals surface area contributed by atoms with Crippen LogP contribution in [0.15, 0.2) is 18.3 Å². The third kappa shape index (κ3) is 1.20. The van der Waals surface area contributed by atoms with Crippen LogP contribution >= 0.6 is 11.6 Å². The molecule has 2 rings (SSSR count). The van der Waals surface area contributed by atoms with Crippen molar-refractivity contribution in [3.63, 3.8) is 0 Å². The minimum atomic E-state index is 0.0154. The van der Waals surface area contributed by atoms with Crippen LogP contribution in [0.1, 0.15) is 5.69 Å². The van der Waals surface area contributed by atoms with Gasteiger partial charge in [0.1, 0.15) is 5.15 Å². The Balaban J connectivity index is 2.83. The largest absolute Gasteiger partial charge is 0.390 e. The molecule has 3 nitrogen and oxygen atoms in total. The summed E-state index contributed by atoms with van der Waals surface area (Å²) >= 11 is 5.89. The van der Waals surface area contributed by atoms with E-state index < -0.39 is 0 Å². The number of aliphatic hydroxyl groups is 1. The lowest BCUT2D eigenvalue weighted by Crippen LogP contribution is -1.94. The van der Waals surface area contributed by atoms with Crippen molar-refractivity contribution in [2.45, 2.75) is 6.61 Å². The molecule has 0 spiro atoms. The number of hydrogen-bond acceptors (Lipinski definition) is 2. The molecule has 0 unspecified atom stereocenters. The fourth-order valence-corrected chi connectivity index (χ4v) is 1.64. The summed E-state index contributed by atoms with van der Waals surface area (Å²) < 4.78 is 1.91. The lowest BCUT2D eigenvalue weighted by molar-refractivity contribution is 0.273. The van der Waals surface area contributed by atoms with E-state index in [0.717, 1.165) is 16.6 Å². The van der Waals surface area contributed by atoms with Crippen LogP contribution in [0.5, 0.6) is 0 Å². The van der Waals surface area contributed by atoms with Crippen molar-refractivity contribution in [1.82, 2.24) is 9.55 Å². The topological polar surface area (TPSA) is 38.0 Å². The van der Waals surface area contributed by atoms with Gasteiger partial charge in [-0.25, -0.2) is 4.98 Å². The van der Waals surface area contributed by atoms with Crippen LogP contribution < -0.4 is 0 Å². The van der Waals surface area contributed by atoms with Crippen molar-refractivity contribution in [3.8, 4) is 0 Å². The molecule has 2 heterocycles. The number of aromatic nitrogens is 2. The summed E-state index contributed by atoms with van der Waals surface area (Å²) in [6.07, 6.45) is 1.66. The smallest absolute Gasteiger partial charge is 0.138 e. The Bertz CT molecular complexity index is 450. The Morgan fingerprint density at radius 3 is 3.00 bits per heavy atom. The molecule has 0 aliphatic heterocycles. The third-order valence-electron chi connectivity index (χ3n) is 2.18. The van der Waals surface area contributed by atoms with Crippen molar-refractivity contribution < 1.29 is 5.11 Å². The second-order valence-corrected chi connectivity index (χ2v) is 3.25. The summed E-state index contributed by atoms with van der Waals surface area (Å²) in [7, 11) is 1.89. The van der Waals surface area contributed by atoms with Crippen LogP contribution in [-0.2, 0) is 13.7 Å². The minimum absolute atomic E-state index is 0.0154. The molecule has 0 bridgehead atoms.